The molecule has 0 aliphatic carbocycles. The summed E-state index contributed by atoms with van der Waals surface area (Å²) in [5.41, 5.74) is -0.491. The SMILES string of the molecule is O=C(O)c1ccc(CNCc2ccccc2C(F)(F)F)s1. The monoisotopic (exact) mass is 315 g/mol. The molecule has 0 saturated carbocycles. The second-order valence-electron chi connectivity index (χ2n) is 4.33. The molecule has 0 bridgehead atoms. The van der Waals surface area contributed by atoms with Crippen LogP contribution in [-0.4, -0.2) is 11.1 Å². The Balaban J connectivity index is 1.99. The standard InChI is InChI=1S/C14H12F3NO2S/c15-14(16,17)11-4-2-1-3-9(11)7-18-8-10-5-6-12(21-10)13(19)20/h1-6,18H,7-8H2,(H,19,20). The van der Waals surface area contributed by atoms with Crippen molar-refractivity contribution in [3.05, 3.63) is 57.3 Å². The zero-order chi connectivity index (χ0) is 15.5. The summed E-state index contributed by atoms with van der Waals surface area (Å²) in [5.74, 6) is -1.01. The highest BCUT2D eigenvalue weighted by Crippen LogP contribution is 2.31. The minimum Gasteiger partial charge on any atom is -0.477 e. The van der Waals surface area contributed by atoms with Gasteiger partial charge in [0, 0.05) is 18.0 Å². The van der Waals surface area contributed by atoms with Crippen molar-refractivity contribution in [1.29, 1.82) is 0 Å². The summed E-state index contributed by atoms with van der Waals surface area (Å²) in [7, 11) is 0. The van der Waals surface area contributed by atoms with Crippen molar-refractivity contribution in [3.63, 3.8) is 0 Å². The third-order valence-corrected chi connectivity index (χ3v) is 3.88. The first-order valence-corrected chi connectivity index (χ1v) is 6.87. The van der Waals surface area contributed by atoms with Crippen molar-refractivity contribution in [1.82, 2.24) is 5.32 Å². The topological polar surface area (TPSA) is 49.3 Å². The van der Waals surface area contributed by atoms with Crippen LogP contribution in [0.2, 0.25) is 0 Å². The number of benzene rings is 1. The van der Waals surface area contributed by atoms with E-state index < -0.39 is 17.7 Å². The van der Waals surface area contributed by atoms with E-state index in [2.05, 4.69) is 5.32 Å². The van der Waals surface area contributed by atoms with Crippen molar-refractivity contribution in [2.75, 3.05) is 0 Å². The van der Waals surface area contributed by atoms with Gasteiger partial charge in [-0.05, 0) is 23.8 Å². The number of hydrogen-bond acceptors (Lipinski definition) is 3. The van der Waals surface area contributed by atoms with E-state index >= 15 is 0 Å². The maximum atomic E-state index is 12.8. The first-order valence-electron chi connectivity index (χ1n) is 6.06. The van der Waals surface area contributed by atoms with Gasteiger partial charge in [0.1, 0.15) is 4.88 Å². The van der Waals surface area contributed by atoms with Crippen molar-refractivity contribution in [2.45, 2.75) is 19.3 Å². The van der Waals surface area contributed by atoms with Gasteiger partial charge in [-0.2, -0.15) is 13.2 Å². The Kier molecular flexibility index (Phi) is 4.64. The number of aromatic carboxylic acids is 1. The lowest BCUT2D eigenvalue weighted by molar-refractivity contribution is -0.138. The molecule has 0 aliphatic heterocycles. The van der Waals surface area contributed by atoms with Crippen LogP contribution in [0.1, 0.15) is 25.7 Å². The summed E-state index contributed by atoms with van der Waals surface area (Å²) in [5, 5.41) is 11.7. The first kappa shape index (κ1) is 15.5. The fraction of sp³-hybridized carbons (Fsp3) is 0.214. The molecule has 2 N–H and O–H groups in total. The number of alkyl halides is 3. The second-order valence-corrected chi connectivity index (χ2v) is 5.50. The van der Waals surface area contributed by atoms with Gasteiger partial charge in [0.05, 0.1) is 5.56 Å². The molecular weight excluding hydrogens is 303 g/mol. The Morgan fingerprint density at radius 2 is 1.86 bits per heavy atom. The summed E-state index contributed by atoms with van der Waals surface area (Å²) in [6.45, 7) is 0.389. The summed E-state index contributed by atoms with van der Waals surface area (Å²) >= 11 is 1.10. The zero-order valence-electron chi connectivity index (χ0n) is 10.8. The van der Waals surface area contributed by atoms with Crippen molar-refractivity contribution < 1.29 is 23.1 Å². The first-order chi connectivity index (χ1) is 9.88. The van der Waals surface area contributed by atoms with Gasteiger partial charge >= 0.3 is 12.1 Å². The molecule has 1 aromatic heterocycles. The molecule has 7 heteroatoms. The normalized spacial score (nSPS) is 11.6. The third-order valence-electron chi connectivity index (χ3n) is 2.81. The maximum Gasteiger partial charge on any atom is 0.416 e. The fourth-order valence-corrected chi connectivity index (χ4v) is 2.68. The van der Waals surface area contributed by atoms with E-state index in [0.717, 1.165) is 22.3 Å². The van der Waals surface area contributed by atoms with Crippen LogP contribution in [-0.2, 0) is 19.3 Å². The van der Waals surface area contributed by atoms with E-state index in [1.54, 1.807) is 12.1 Å². The van der Waals surface area contributed by atoms with E-state index in [9.17, 15) is 18.0 Å². The summed E-state index contributed by atoms with van der Waals surface area (Å²) in [4.78, 5) is 11.7. The molecule has 112 valence electrons. The van der Waals surface area contributed by atoms with Gasteiger partial charge in [0.15, 0.2) is 0 Å². The number of thiophene rings is 1. The van der Waals surface area contributed by atoms with Crippen molar-refractivity contribution in [3.8, 4) is 0 Å². The highest BCUT2D eigenvalue weighted by Gasteiger charge is 2.32. The van der Waals surface area contributed by atoms with Crippen LogP contribution in [0.5, 0.6) is 0 Å². The lowest BCUT2D eigenvalue weighted by atomic mass is 10.1. The molecule has 0 amide bonds. The number of nitrogens with one attached hydrogen (secondary N) is 1. The molecule has 0 aliphatic rings. The van der Waals surface area contributed by atoms with Gasteiger partial charge in [0.2, 0.25) is 0 Å². The van der Waals surface area contributed by atoms with Gasteiger partial charge < -0.3 is 10.4 Å². The smallest absolute Gasteiger partial charge is 0.416 e. The van der Waals surface area contributed by atoms with E-state index in [1.165, 1.54) is 18.2 Å². The maximum absolute atomic E-state index is 12.8. The number of halogens is 3. The van der Waals surface area contributed by atoms with Crippen LogP contribution in [0.3, 0.4) is 0 Å². The van der Waals surface area contributed by atoms with Crippen molar-refractivity contribution in [2.24, 2.45) is 0 Å². The van der Waals surface area contributed by atoms with Crippen LogP contribution >= 0.6 is 11.3 Å². The molecule has 1 aromatic carbocycles. The predicted octanol–water partition coefficient (Wildman–Crippen LogP) is 3.75. The number of hydrogen-bond donors (Lipinski definition) is 2. The summed E-state index contributed by atoms with van der Waals surface area (Å²) in [6, 6.07) is 8.51. The molecule has 0 unspecified atom stereocenters. The van der Waals surface area contributed by atoms with Gasteiger partial charge in [-0.3, -0.25) is 0 Å². The van der Waals surface area contributed by atoms with Crippen LogP contribution in [0.25, 0.3) is 0 Å². The number of rotatable bonds is 5. The van der Waals surface area contributed by atoms with Crippen LogP contribution in [0.4, 0.5) is 13.2 Å². The molecule has 2 aromatic rings. The Bertz CT molecular complexity index is 637. The summed E-state index contributed by atoms with van der Waals surface area (Å²) < 4.78 is 38.4. The van der Waals surface area contributed by atoms with E-state index in [-0.39, 0.29) is 17.0 Å². The van der Waals surface area contributed by atoms with E-state index in [4.69, 9.17) is 5.11 Å². The number of carboxylic acids is 1. The molecule has 21 heavy (non-hydrogen) atoms. The third kappa shape index (κ3) is 4.05. The molecule has 1 heterocycles. The van der Waals surface area contributed by atoms with Gasteiger partial charge in [-0.25, -0.2) is 4.79 Å². The Morgan fingerprint density at radius 3 is 2.48 bits per heavy atom. The quantitative estimate of drug-likeness (QED) is 0.883. The van der Waals surface area contributed by atoms with Crippen LogP contribution in [0, 0.1) is 0 Å². The van der Waals surface area contributed by atoms with Crippen LogP contribution in [0.15, 0.2) is 36.4 Å². The largest absolute Gasteiger partial charge is 0.477 e. The van der Waals surface area contributed by atoms with E-state index in [0.29, 0.717) is 6.54 Å². The highest BCUT2D eigenvalue weighted by atomic mass is 32.1. The minimum atomic E-state index is -4.38. The molecule has 0 saturated heterocycles. The average molecular weight is 315 g/mol. The van der Waals surface area contributed by atoms with Gasteiger partial charge in [-0.1, -0.05) is 18.2 Å². The Morgan fingerprint density at radius 1 is 1.14 bits per heavy atom. The summed E-state index contributed by atoms with van der Waals surface area (Å²) in [6.07, 6.45) is -4.38. The fourth-order valence-electron chi connectivity index (χ4n) is 1.86. The average Bonchev–Trinajstić information content (AvgIpc) is 2.87. The van der Waals surface area contributed by atoms with Gasteiger partial charge in [0.25, 0.3) is 0 Å². The molecule has 2 rings (SSSR count). The van der Waals surface area contributed by atoms with Gasteiger partial charge in [-0.15, -0.1) is 11.3 Å². The Hall–Kier alpha value is -1.86. The lowest BCUT2D eigenvalue weighted by Crippen LogP contribution is -2.16. The highest BCUT2D eigenvalue weighted by molar-refractivity contribution is 7.13. The van der Waals surface area contributed by atoms with Crippen LogP contribution < -0.4 is 5.32 Å². The molecule has 3 nitrogen and oxygen atoms in total. The number of carboxylic acid groups (broad SMARTS) is 1. The Labute approximate surface area is 123 Å². The molecular formula is C14H12F3NO2S. The molecule has 0 radical (unpaired) electrons. The lowest BCUT2D eigenvalue weighted by Gasteiger charge is -2.12. The molecule has 0 atom stereocenters. The molecule has 0 spiro atoms. The van der Waals surface area contributed by atoms with E-state index in [1.807, 2.05) is 0 Å². The predicted molar refractivity (Wildman–Crippen MR) is 73.3 cm³/mol. The zero-order valence-corrected chi connectivity index (χ0v) is 11.6. The number of carbonyl (C=O) groups is 1. The minimum absolute atomic E-state index is 0.0655. The second kappa shape index (κ2) is 6.28. The molecule has 0 fully saturated rings. The van der Waals surface area contributed by atoms with Crippen molar-refractivity contribution >= 4 is 17.3 Å².